The number of nitrogens with zero attached hydrogens (tertiary/aromatic N) is 1. The molecule has 0 aliphatic rings. The van der Waals surface area contributed by atoms with Crippen LogP contribution in [0.4, 0.5) is 5.69 Å². The third kappa shape index (κ3) is 4.17. The van der Waals surface area contributed by atoms with Crippen molar-refractivity contribution in [1.29, 1.82) is 0 Å². The predicted octanol–water partition coefficient (Wildman–Crippen LogP) is 2.81. The Kier molecular flexibility index (Phi) is 4.61. The van der Waals surface area contributed by atoms with Gasteiger partial charge in [0.25, 0.3) is 0 Å². The van der Waals surface area contributed by atoms with Gasteiger partial charge in [0.2, 0.25) is 0 Å². The Morgan fingerprint density at radius 3 is 2.68 bits per heavy atom. The lowest BCUT2D eigenvalue weighted by Crippen LogP contribution is -2.23. The molecule has 19 heavy (non-hydrogen) atoms. The van der Waals surface area contributed by atoms with E-state index >= 15 is 0 Å². The fourth-order valence-corrected chi connectivity index (χ4v) is 1.75. The van der Waals surface area contributed by atoms with Crippen LogP contribution in [0.1, 0.15) is 18.2 Å². The Morgan fingerprint density at radius 2 is 2.05 bits per heavy atom. The highest BCUT2D eigenvalue weighted by Crippen LogP contribution is 2.09. The summed E-state index contributed by atoms with van der Waals surface area (Å²) in [7, 11) is 0. The van der Waals surface area contributed by atoms with Crippen molar-refractivity contribution in [3.63, 3.8) is 0 Å². The van der Waals surface area contributed by atoms with Crippen LogP contribution < -0.4 is 11.1 Å². The van der Waals surface area contributed by atoms with Crippen molar-refractivity contribution in [2.75, 3.05) is 11.9 Å². The van der Waals surface area contributed by atoms with E-state index in [1.807, 2.05) is 24.3 Å². The second-order valence-electron chi connectivity index (χ2n) is 4.27. The standard InChI is InChI=1S/C15H19N3O/c1-2-12-5-7-13(8-6-12)18-15(16)17-10-9-14-4-3-11-19-14/h3-8,11H,2,9-10H2,1H3,(H3,16,17,18). The Hall–Kier alpha value is -2.23. The van der Waals surface area contributed by atoms with Gasteiger partial charge in [-0.2, -0.15) is 0 Å². The van der Waals surface area contributed by atoms with Gasteiger partial charge in [0.1, 0.15) is 5.76 Å². The average molecular weight is 257 g/mol. The molecule has 4 heteroatoms. The molecule has 0 aliphatic heterocycles. The summed E-state index contributed by atoms with van der Waals surface area (Å²) in [4.78, 5) is 4.26. The second kappa shape index (κ2) is 6.64. The number of furan rings is 1. The van der Waals surface area contributed by atoms with Gasteiger partial charge in [0.15, 0.2) is 5.96 Å². The molecule has 0 atom stereocenters. The van der Waals surface area contributed by atoms with E-state index in [1.54, 1.807) is 6.26 Å². The molecule has 2 rings (SSSR count). The third-order valence-electron chi connectivity index (χ3n) is 2.86. The van der Waals surface area contributed by atoms with E-state index in [4.69, 9.17) is 10.2 Å². The molecule has 0 fully saturated rings. The lowest BCUT2D eigenvalue weighted by Gasteiger charge is -2.06. The SMILES string of the molecule is CCc1ccc(NC(N)=NCCc2ccco2)cc1. The highest BCUT2D eigenvalue weighted by molar-refractivity contribution is 5.92. The molecule has 0 saturated heterocycles. The third-order valence-corrected chi connectivity index (χ3v) is 2.86. The van der Waals surface area contributed by atoms with Crippen molar-refractivity contribution in [2.24, 2.45) is 10.7 Å². The summed E-state index contributed by atoms with van der Waals surface area (Å²) in [5.41, 5.74) is 8.08. The van der Waals surface area contributed by atoms with Gasteiger partial charge in [-0.25, -0.2) is 0 Å². The lowest BCUT2D eigenvalue weighted by atomic mass is 10.1. The monoisotopic (exact) mass is 257 g/mol. The van der Waals surface area contributed by atoms with Crippen LogP contribution in [0.15, 0.2) is 52.1 Å². The van der Waals surface area contributed by atoms with Gasteiger partial charge in [-0.15, -0.1) is 0 Å². The number of nitrogens with one attached hydrogen (secondary N) is 1. The predicted molar refractivity (Wildman–Crippen MR) is 78.3 cm³/mol. The number of hydrogen-bond acceptors (Lipinski definition) is 2. The topological polar surface area (TPSA) is 63.5 Å². The van der Waals surface area contributed by atoms with Gasteiger partial charge in [-0.05, 0) is 36.2 Å². The zero-order valence-electron chi connectivity index (χ0n) is 11.1. The molecular weight excluding hydrogens is 238 g/mol. The molecule has 0 radical (unpaired) electrons. The number of aliphatic imine (C=N–C) groups is 1. The summed E-state index contributed by atoms with van der Waals surface area (Å²) in [5.74, 6) is 1.35. The van der Waals surface area contributed by atoms with Crippen molar-refractivity contribution in [2.45, 2.75) is 19.8 Å². The first-order chi connectivity index (χ1) is 9.28. The van der Waals surface area contributed by atoms with Crippen molar-refractivity contribution >= 4 is 11.6 Å². The Bertz CT molecular complexity index is 515. The van der Waals surface area contributed by atoms with Crippen molar-refractivity contribution < 1.29 is 4.42 Å². The fourth-order valence-electron chi connectivity index (χ4n) is 1.75. The lowest BCUT2D eigenvalue weighted by molar-refractivity contribution is 0.511. The minimum absolute atomic E-state index is 0.427. The number of nitrogens with two attached hydrogens (primary N) is 1. The van der Waals surface area contributed by atoms with Gasteiger partial charge in [0, 0.05) is 18.7 Å². The van der Waals surface area contributed by atoms with Gasteiger partial charge in [0.05, 0.1) is 6.26 Å². The summed E-state index contributed by atoms with van der Waals surface area (Å²) < 4.78 is 5.23. The molecule has 1 aromatic carbocycles. The molecule has 4 nitrogen and oxygen atoms in total. The maximum absolute atomic E-state index is 5.82. The Morgan fingerprint density at radius 1 is 1.26 bits per heavy atom. The molecule has 3 N–H and O–H groups in total. The molecule has 0 aliphatic carbocycles. The van der Waals surface area contributed by atoms with Gasteiger partial charge in [-0.1, -0.05) is 19.1 Å². The summed E-state index contributed by atoms with van der Waals surface area (Å²) in [6.45, 7) is 2.74. The van der Waals surface area contributed by atoms with E-state index in [2.05, 4.69) is 29.4 Å². The number of rotatable bonds is 5. The fraction of sp³-hybridized carbons (Fsp3) is 0.267. The Labute approximate surface area is 113 Å². The molecule has 0 bridgehead atoms. The highest BCUT2D eigenvalue weighted by Gasteiger charge is 1.97. The maximum atomic E-state index is 5.82. The number of aryl methyl sites for hydroxylation is 1. The van der Waals surface area contributed by atoms with E-state index in [0.717, 1.165) is 24.3 Å². The van der Waals surface area contributed by atoms with Crippen LogP contribution in [-0.4, -0.2) is 12.5 Å². The summed E-state index contributed by atoms with van der Waals surface area (Å²) in [5, 5.41) is 3.07. The number of anilines is 1. The number of guanidine groups is 1. The van der Waals surface area contributed by atoms with Crippen molar-refractivity contribution in [3.05, 3.63) is 54.0 Å². The first-order valence-corrected chi connectivity index (χ1v) is 6.46. The van der Waals surface area contributed by atoms with Gasteiger partial charge >= 0.3 is 0 Å². The van der Waals surface area contributed by atoms with Crippen molar-refractivity contribution in [3.8, 4) is 0 Å². The van der Waals surface area contributed by atoms with E-state index in [0.29, 0.717) is 12.5 Å². The molecule has 1 aromatic heterocycles. The molecular formula is C15H19N3O. The molecule has 1 heterocycles. The van der Waals surface area contributed by atoms with E-state index in [9.17, 15) is 0 Å². The van der Waals surface area contributed by atoms with Crippen LogP contribution >= 0.6 is 0 Å². The van der Waals surface area contributed by atoms with E-state index < -0.39 is 0 Å². The summed E-state index contributed by atoms with van der Waals surface area (Å²) >= 11 is 0. The zero-order chi connectivity index (χ0) is 13.5. The molecule has 2 aromatic rings. The van der Waals surface area contributed by atoms with Gasteiger partial charge in [-0.3, -0.25) is 4.99 Å². The smallest absolute Gasteiger partial charge is 0.193 e. The zero-order valence-corrected chi connectivity index (χ0v) is 11.1. The van der Waals surface area contributed by atoms with Crippen molar-refractivity contribution in [1.82, 2.24) is 0 Å². The van der Waals surface area contributed by atoms with E-state index in [-0.39, 0.29) is 0 Å². The largest absolute Gasteiger partial charge is 0.469 e. The minimum atomic E-state index is 0.427. The first-order valence-electron chi connectivity index (χ1n) is 6.46. The summed E-state index contributed by atoms with van der Waals surface area (Å²) in [6.07, 6.45) is 3.45. The van der Waals surface area contributed by atoms with E-state index in [1.165, 1.54) is 5.56 Å². The van der Waals surface area contributed by atoms with Crippen LogP contribution in [0, 0.1) is 0 Å². The van der Waals surface area contributed by atoms with Crippen LogP contribution in [0.2, 0.25) is 0 Å². The van der Waals surface area contributed by atoms with Crippen LogP contribution in [0.25, 0.3) is 0 Å². The maximum Gasteiger partial charge on any atom is 0.193 e. The van der Waals surface area contributed by atoms with Crippen LogP contribution in [-0.2, 0) is 12.8 Å². The minimum Gasteiger partial charge on any atom is -0.469 e. The second-order valence-corrected chi connectivity index (χ2v) is 4.27. The normalized spacial score (nSPS) is 11.5. The first kappa shape index (κ1) is 13.2. The quantitative estimate of drug-likeness (QED) is 0.639. The Balaban J connectivity index is 1.83. The summed E-state index contributed by atoms with van der Waals surface area (Å²) in [6, 6.07) is 12.0. The molecule has 0 spiro atoms. The molecule has 100 valence electrons. The molecule has 0 amide bonds. The van der Waals surface area contributed by atoms with Crippen LogP contribution in [0.3, 0.4) is 0 Å². The van der Waals surface area contributed by atoms with Crippen LogP contribution in [0.5, 0.6) is 0 Å². The number of benzene rings is 1. The van der Waals surface area contributed by atoms with Gasteiger partial charge < -0.3 is 15.5 Å². The highest BCUT2D eigenvalue weighted by atomic mass is 16.3. The molecule has 0 unspecified atom stereocenters. The number of hydrogen-bond donors (Lipinski definition) is 2. The molecule has 0 saturated carbocycles. The average Bonchev–Trinajstić information content (AvgIpc) is 2.93.